The van der Waals surface area contributed by atoms with Crippen LogP contribution in [0.4, 0.5) is 0 Å². The van der Waals surface area contributed by atoms with Gasteiger partial charge in [-0.25, -0.2) is 0 Å². The van der Waals surface area contributed by atoms with Gasteiger partial charge in [0.1, 0.15) is 0 Å². The van der Waals surface area contributed by atoms with Crippen LogP contribution in [0.15, 0.2) is 12.1 Å². The zero-order chi connectivity index (χ0) is 46.0. The van der Waals surface area contributed by atoms with E-state index in [0.29, 0.717) is 13.2 Å². The summed E-state index contributed by atoms with van der Waals surface area (Å²) in [5.41, 5.74) is 0. The maximum atomic E-state index is 7.10. The van der Waals surface area contributed by atoms with Crippen molar-refractivity contribution in [2.24, 2.45) is 0 Å². The Morgan fingerprint density at radius 1 is 0.184 bits per heavy atom. The van der Waals surface area contributed by atoms with E-state index in [0.717, 1.165) is 37.2 Å². The monoisotopic (exact) mass is 940 g/mol. The first-order valence-electron chi connectivity index (χ1n) is 28.8. The summed E-state index contributed by atoms with van der Waals surface area (Å²) >= 11 is 0. The summed E-state index contributed by atoms with van der Waals surface area (Å²) in [5.74, 6) is 1.85. The lowest BCUT2D eigenvalue weighted by Gasteiger charge is -2.17. The first-order valence-corrected chi connectivity index (χ1v) is 28.8. The molecule has 0 spiro atoms. The molecule has 2 nitrogen and oxygen atoms in total. The fourth-order valence-electron chi connectivity index (χ4n) is 24.4. The predicted molar refractivity (Wildman–Crippen MR) is 328 cm³/mol. The quantitative estimate of drug-likeness (QED) is 0.112. The van der Waals surface area contributed by atoms with Gasteiger partial charge in [0.05, 0.1) is 13.2 Å². The van der Waals surface area contributed by atoms with Gasteiger partial charge in [-0.05, 0) is 310 Å². The first kappa shape index (κ1) is 30.4. The van der Waals surface area contributed by atoms with Gasteiger partial charge < -0.3 is 9.47 Å². The number of unbranched alkanes of at least 4 members (excludes halogenated alkanes) is 2. The van der Waals surface area contributed by atoms with E-state index in [2.05, 4.69) is 26.0 Å². The van der Waals surface area contributed by atoms with Gasteiger partial charge in [0, 0.05) is 48.5 Å². The summed E-state index contributed by atoms with van der Waals surface area (Å²) in [6, 6.07) is 5.08. The second-order valence-corrected chi connectivity index (χ2v) is 26.7. The highest BCUT2D eigenvalue weighted by Crippen LogP contribution is 2.80. The minimum Gasteiger partial charge on any atom is -0.490 e. The molecule has 0 aliphatic heterocycles. The van der Waals surface area contributed by atoms with E-state index in [9.17, 15) is 0 Å². The molecule has 0 aliphatic rings. The zero-order valence-electron chi connectivity index (χ0n) is 40.2. The van der Waals surface area contributed by atoms with Crippen molar-refractivity contribution in [2.45, 2.75) is 39.5 Å². The summed E-state index contributed by atoms with van der Waals surface area (Å²) in [4.78, 5) is 0. The van der Waals surface area contributed by atoms with Crippen LogP contribution in [0.25, 0.3) is 334 Å². The smallest absolute Gasteiger partial charge is 0.161 e. The van der Waals surface area contributed by atoms with E-state index in [-0.39, 0.29) is 0 Å². The number of hydrogen-bond acceptors (Lipinski definition) is 2. The molecular weight excluding hydrogens is 921 g/mol. The van der Waals surface area contributed by atoms with Crippen molar-refractivity contribution >= 4 is 334 Å². The molecule has 328 valence electrons. The zero-order valence-corrected chi connectivity index (χ0v) is 40.2. The molecule has 0 amide bonds. The van der Waals surface area contributed by atoms with Gasteiger partial charge in [-0.1, -0.05) is 26.7 Å². The molecule has 0 aliphatic carbocycles. The highest BCUT2D eigenvalue weighted by Gasteiger charge is 2.50. The number of ether oxygens (including phenoxy) is 2. The molecular formula is C74H20O2. The summed E-state index contributed by atoms with van der Waals surface area (Å²) in [7, 11) is 0. The van der Waals surface area contributed by atoms with Crippen LogP contribution in [0, 0.1) is 0 Å². The van der Waals surface area contributed by atoms with Crippen molar-refractivity contribution in [1.29, 1.82) is 0 Å². The third-order valence-corrected chi connectivity index (χ3v) is 25.4. The van der Waals surface area contributed by atoms with Crippen LogP contribution < -0.4 is 9.47 Å². The molecule has 0 unspecified atom stereocenters. The molecule has 76 heavy (non-hydrogen) atoms. The van der Waals surface area contributed by atoms with Gasteiger partial charge >= 0.3 is 0 Å². The summed E-state index contributed by atoms with van der Waals surface area (Å²) < 4.78 is 14.2. The van der Waals surface area contributed by atoms with E-state index in [1.807, 2.05) is 0 Å². The SMILES string of the molecule is CCCCOc1cc2c(cc1OCCCC)c1c3c4c5c2c2c6c7c1c1c8c3c3c9c4c4c%10c5c5c2c2c6c6c%11c7c1c1c7c8c3c3c8c9c4c4c9c%10c5c5c2c2c6c6c%11c1c1c7c3c3c8c4c4c9c5c2c2c6c1c3c42. The van der Waals surface area contributed by atoms with Crippen molar-refractivity contribution < 1.29 is 9.47 Å². The van der Waals surface area contributed by atoms with E-state index < -0.39 is 0 Å². The average Bonchev–Trinajstić information content (AvgIpc) is 3.44. The normalized spacial score (nSPS) is 16.6. The van der Waals surface area contributed by atoms with Crippen molar-refractivity contribution in [3.63, 3.8) is 0 Å². The van der Waals surface area contributed by atoms with Gasteiger partial charge in [0.2, 0.25) is 0 Å². The topological polar surface area (TPSA) is 18.5 Å². The number of hydrogen-bond donors (Lipinski definition) is 0. The van der Waals surface area contributed by atoms with Crippen molar-refractivity contribution in [3.05, 3.63) is 12.1 Å². The van der Waals surface area contributed by atoms with E-state index in [1.165, 1.54) is 21.5 Å². The van der Waals surface area contributed by atoms with Crippen LogP contribution in [0.3, 0.4) is 0 Å². The lowest BCUT2D eigenvalue weighted by Crippen LogP contribution is -2.02. The Bertz CT molecular complexity index is 7490. The summed E-state index contributed by atoms with van der Waals surface area (Å²) in [6.45, 7) is 5.95. The number of fused-ring (bicyclic) bond motifs is 8. The molecule has 0 atom stereocenters. The molecule has 0 bridgehead atoms. The maximum Gasteiger partial charge on any atom is 0.161 e. The van der Waals surface area contributed by atoms with Crippen LogP contribution in [-0.4, -0.2) is 13.2 Å². The van der Waals surface area contributed by atoms with Crippen molar-refractivity contribution in [2.75, 3.05) is 13.2 Å². The predicted octanol–water partition coefficient (Wildman–Crippen LogP) is 21.8. The Morgan fingerprint density at radius 3 is 0.421 bits per heavy atom. The molecule has 0 radical (unpaired) electrons. The van der Waals surface area contributed by atoms with E-state index in [1.54, 1.807) is 312 Å². The minimum absolute atomic E-state index is 0.691. The summed E-state index contributed by atoms with van der Waals surface area (Å²) in [6.07, 6.45) is 4.23. The van der Waals surface area contributed by atoms with E-state index in [4.69, 9.17) is 9.47 Å². The van der Waals surface area contributed by atoms with E-state index >= 15 is 0 Å². The van der Waals surface area contributed by atoms with Gasteiger partial charge in [0.25, 0.3) is 0 Å². The van der Waals surface area contributed by atoms with Gasteiger partial charge in [0.15, 0.2) is 11.5 Å². The van der Waals surface area contributed by atoms with Gasteiger partial charge in [-0.15, -0.1) is 0 Å². The second kappa shape index (κ2) is 7.49. The standard InChI is InChI=1S/C74H20O2/c1-3-5-7-75-13-9-11-12(10-14(13)76-8-6-4-2)16-18-21-17-15(11)19-22-23-20(16)27-30-25(18)36-38-28(21)37-35-24(17)29-26(19)33-31(22)41-42-32(23)34(27)44-50-40(30)46(36)56-58-48(38)47(37)57-55-45(35)39(29)49-43(33)53-51(41)61-52(42)54(44)63-60(50)65(56)72-67(58)66(57)71-64(55)59(49)62(53)69-68(61)70(63)74(72)73(69)71/h9-10H,3-8H2,1-2H3. The molecule has 32 rings (SSSR count). The van der Waals surface area contributed by atoms with Crippen molar-refractivity contribution in [3.8, 4) is 11.5 Å². The Balaban J connectivity index is 1.14. The Kier molecular flexibility index (Phi) is 3.00. The largest absolute Gasteiger partial charge is 0.490 e. The van der Waals surface area contributed by atoms with Gasteiger partial charge in [-0.2, -0.15) is 0 Å². The van der Waals surface area contributed by atoms with Gasteiger partial charge in [-0.3, -0.25) is 0 Å². The second-order valence-electron chi connectivity index (χ2n) is 26.7. The number of benzene rings is 20. The highest BCUT2D eigenvalue weighted by atomic mass is 16.5. The first-order chi connectivity index (χ1) is 37.9. The van der Waals surface area contributed by atoms with Crippen LogP contribution in [0.2, 0.25) is 0 Å². The third kappa shape index (κ3) is 1.84. The molecule has 0 fully saturated rings. The molecule has 0 aromatic heterocycles. The minimum atomic E-state index is 0.691. The van der Waals surface area contributed by atoms with Crippen LogP contribution in [0.1, 0.15) is 39.5 Å². The fourth-order valence-corrected chi connectivity index (χ4v) is 24.4. The molecule has 32 aromatic carbocycles. The third-order valence-electron chi connectivity index (χ3n) is 25.4. The molecule has 0 saturated heterocycles. The Morgan fingerprint density at radius 2 is 0.303 bits per heavy atom. The molecule has 32 aromatic rings. The van der Waals surface area contributed by atoms with Crippen molar-refractivity contribution in [1.82, 2.24) is 0 Å². The maximum absolute atomic E-state index is 7.10. The average molecular weight is 941 g/mol. The van der Waals surface area contributed by atoms with Crippen LogP contribution >= 0.6 is 0 Å². The molecule has 0 N–H and O–H groups in total. The lowest BCUT2D eigenvalue weighted by molar-refractivity contribution is 0.262. The molecule has 0 heterocycles. The highest BCUT2D eigenvalue weighted by molar-refractivity contribution is 6.85. The fraction of sp³-hybridized carbons (Fsp3) is 0.108. The van der Waals surface area contributed by atoms with Crippen LogP contribution in [-0.2, 0) is 0 Å². The Hall–Kier alpha value is -8.98. The molecule has 2 heteroatoms. The number of rotatable bonds is 8. The van der Waals surface area contributed by atoms with Crippen LogP contribution in [0.5, 0.6) is 11.5 Å². The molecule has 0 saturated carbocycles. The summed E-state index contributed by atoms with van der Waals surface area (Å²) in [5, 5.41) is 99.3. The Labute approximate surface area is 417 Å². The lowest BCUT2D eigenvalue weighted by atomic mass is 9.85.